The van der Waals surface area contributed by atoms with Gasteiger partial charge in [-0.05, 0) is 36.2 Å². The maximum absolute atomic E-state index is 11.5. The van der Waals surface area contributed by atoms with Gasteiger partial charge in [-0.2, -0.15) is 5.10 Å². The van der Waals surface area contributed by atoms with Crippen LogP contribution in [0.25, 0.3) is 11.0 Å². The zero-order valence-corrected chi connectivity index (χ0v) is 14.7. The van der Waals surface area contributed by atoms with Crippen molar-refractivity contribution in [3.63, 3.8) is 0 Å². The van der Waals surface area contributed by atoms with Crippen LogP contribution in [0.5, 0.6) is 0 Å². The molecule has 0 saturated carbocycles. The number of nitrogens with one attached hydrogen (secondary N) is 3. The van der Waals surface area contributed by atoms with Crippen LogP contribution in [0.3, 0.4) is 0 Å². The molecular weight excluding hydrogens is 328 g/mol. The van der Waals surface area contributed by atoms with E-state index in [1.165, 1.54) is 5.56 Å². The Labute approximate surface area is 151 Å². The molecule has 1 saturated heterocycles. The van der Waals surface area contributed by atoms with Crippen LogP contribution < -0.4 is 15.5 Å². The first-order chi connectivity index (χ1) is 12.7. The van der Waals surface area contributed by atoms with Crippen LogP contribution in [0.2, 0.25) is 0 Å². The van der Waals surface area contributed by atoms with Gasteiger partial charge in [0.1, 0.15) is 0 Å². The molecule has 134 valence electrons. The number of hydrogen-bond donors (Lipinski definition) is 3. The van der Waals surface area contributed by atoms with Crippen molar-refractivity contribution in [3.05, 3.63) is 53.3 Å². The first-order valence-corrected chi connectivity index (χ1v) is 8.80. The zero-order valence-electron chi connectivity index (χ0n) is 14.7. The van der Waals surface area contributed by atoms with Crippen LogP contribution in [0.1, 0.15) is 16.8 Å². The smallest absolute Gasteiger partial charge is 0.239 e. The number of carbonyl (C=O) groups excluding carboxylic acids is 1. The number of aromatic nitrogens is 3. The maximum atomic E-state index is 11.5. The number of nitrogens with zero attached hydrogens (tertiary/aromatic N) is 3. The van der Waals surface area contributed by atoms with E-state index in [9.17, 15) is 4.79 Å². The fourth-order valence-electron chi connectivity index (χ4n) is 3.19. The highest BCUT2D eigenvalue weighted by Crippen LogP contribution is 2.17. The van der Waals surface area contributed by atoms with Gasteiger partial charge in [-0.3, -0.25) is 9.89 Å². The summed E-state index contributed by atoms with van der Waals surface area (Å²) in [5, 5.41) is 14.5. The molecular formula is C19H22N6O. The Morgan fingerprint density at radius 1 is 1.19 bits per heavy atom. The zero-order chi connectivity index (χ0) is 17.9. The lowest BCUT2D eigenvalue weighted by Gasteiger charge is -2.28. The molecule has 0 unspecified atom stereocenters. The van der Waals surface area contributed by atoms with Crippen molar-refractivity contribution < 1.29 is 4.79 Å². The molecule has 3 heterocycles. The summed E-state index contributed by atoms with van der Waals surface area (Å²) >= 11 is 0. The Hall–Kier alpha value is -2.93. The first kappa shape index (κ1) is 16.5. The third-order valence-electron chi connectivity index (χ3n) is 4.65. The van der Waals surface area contributed by atoms with Crippen LogP contribution in [0.15, 0.2) is 36.5 Å². The lowest BCUT2D eigenvalue weighted by molar-refractivity contribution is -0.120. The Balaban J connectivity index is 1.34. The molecule has 0 spiro atoms. The van der Waals surface area contributed by atoms with E-state index >= 15 is 0 Å². The largest absolute Gasteiger partial charge is 0.360 e. The van der Waals surface area contributed by atoms with E-state index in [4.69, 9.17) is 0 Å². The maximum Gasteiger partial charge on any atom is 0.239 e. The van der Waals surface area contributed by atoms with E-state index < -0.39 is 0 Å². The molecule has 7 nitrogen and oxygen atoms in total. The molecule has 0 aliphatic carbocycles. The molecule has 0 radical (unpaired) electrons. The molecule has 1 fully saturated rings. The summed E-state index contributed by atoms with van der Waals surface area (Å²) in [4.78, 5) is 18.0. The van der Waals surface area contributed by atoms with E-state index in [-0.39, 0.29) is 5.91 Å². The highest BCUT2D eigenvalue weighted by atomic mass is 16.2. The highest BCUT2D eigenvalue weighted by molar-refractivity contribution is 5.82. The Morgan fingerprint density at radius 3 is 2.81 bits per heavy atom. The number of aromatic amines is 1. The van der Waals surface area contributed by atoms with Crippen molar-refractivity contribution in [2.24, 2.45) is 0 Å². The van der Waals surface area contributed by atoms with E-state index in [1.54, 1.807) is 0 Å². The van der Waals surface area contributed by atoms with Crippen LogP contribution in [0.4, 0.5) is 5.69 Å². The summed E-state index contributed by atoms with van der Waals surface area (Å²) in [6.07, 6.45) is 1.86. The second-order valence-electron chi connectivity index (χ2n) is 6.60. The van der Waals surface area contributed by atoms with Gasteiger partial charge in [-0.25, -0.2) is 4.98 Å². The number of anilines is 1. The summed E-state index contributed by atoms with van der Waals surface area (Å²) in [7, 11) is 0. The third-order valence-corrected chi connectivity index (χ3v) is 4.65. The molecule has 7 heteroatoms. The second kappa shape index (κ2) is 7.13. The Kier molecular flexibility index (Phi) is 4.53. The van der Waals surface area contributed by atoms with Crippen LogP contribution in [-0.2, 0) is 17.9 Å². The van der Waals surface area contributed by atoms with Crippen molar-refractivity contribution in [1.82, 2.24) is 25.8 Å². The number of hydrogen-bond acceptors (Lipinski definition) is 5. The van der Waals surface area contributed by atoms with Gasteiger partial charge in [0.2, 0.25) is 5.91 Å². The number of aryl methyl sites for hydroxylation is 1. The van der Waals surface area contributed by atoms with Crippen molar-refractivity contribution in [3.8, 4) is 0 Å². The quantitative estimate of drug-likeness (QED) is 0.649. The number of fused-ring (bicyclic) bond motifs is 1. The molecule has 26 heavy (non-hydrogen) atoms. The number of amides is 1. The molecule has 1 amide bonds. The normalized spacial score (nSPS) is 14.7. The lowest BCUT2D eigenvalue weighted by atomic mass is 10.1. The van der Waals surface area contributed by atoms with Crippen LogP contribution in [0, 0.1) is 6.92 Å². The first-order valence-electron chi connectivity index (χ1n) is 8.80. The number of piperazine rings is 1. The van der Waals surface area contributed by atoms with Crippen molar-refractivity contribution >= 4 is 22.6 Å². The topological polar surface area (TPSA) is 85.9 Å². The fourth-order valence-corrected chi connectivity index (χ4v) is 3.19. The SMILES string of the molecule is Cc1[nH]nc2ncc(CNCc3ccc(N4CCNC(=O)C4)cc3)cc12. The van der Waals surface area contributed by atoms with E-state index in [2.05, 4.69) is 61.0 Å². The minimum Gasteiger partial charge on any atom is -0.360 e. The minimum atomic E-state index is 0.0837. The monoisotopic (exact) mass is 350 g/mol. The Bertz CT molecular complexity index is 917. The summed E-state index contributed by atoms with van der Waals surface area (Å²) in [5.74, 6) is 0.0837. The molecule has 1 aromatic carbocycles. The molecule has 0 bridgehead atoms. The van der Waals surface area contributed by atoms with Crippen LogP contribution >= 0.6 is 0 Å². The predicted octanol–water partition coefficient (Wildman–Crippen LogP) is 1.49. The van der Waals surface area contributed by atoms with Crippen molar-refractivity contribution in [2.45, 2.75) is 20.0 Å². The summed E-state index contributed by atoms with van der Waals surface area (Å²) in [6, 6.07) is 10.5. The van der Waals surface area contributed by atoms with Gasteiger partial charge in [-0.15, -0.1) is 0 Å². The van der Waals surface area contributed by atoms with E-state index in [1.807, 2.05) is 13.1 Å². The number of H-pyrrole nitrogens is 1. The predicted molar refractivity (Wildman–Crippen MR) is 101 cm³/mol. The average molecular weight is 350 g/mol. The number of benzene rings is 1. The molecule has 4 rings (SSSR count). The van der Waals surface area contributed by atoms with Gasteiger partial charge >= 0.3 is 0 Å². The van der Waals surface area contributed by atoms with Crippen LogP contribution in [-0.4, -0.2) is 40.7 Å². The molecule has 3 aromatic rings. The van der Waals surface area contributed by atoms with Crippen molar-refractivity contribution in [2.75, 3.05) is 24.5 Å². The molecule has 0 atom stereocenters. The average Bonchev–Trinajstić information content (AvgIpc) is 3.03. The number of pyridine rings is 1. The van der Waals surface area contributed by atoms with Gasteiger partial charge < -0.3 is 15.5 Å². The third kappa shape index (κ3) is 3.52. The molecule has 2 aromatic heterocycles. The van der Waals surface area contributed by atoms with Gasteiger partial charge in [-0.1, -0.05) is 12.1 Å². The minimum absolute atomic E-state index is 0.0837. The fraction of sp³-hybridized carbons (Fsp3) is 0.316. The van der Waals surface area contributed by atoms with Gasteiger partial charge in [0.05, 0.1) is 6.54 Å². The highest BCUT2D eigenvalue weighted by Gasteiger charge is 2.16. The van der Waals surface area contributed by atoms with Gasteiger partial charge in [0.25, 0.3) is 0 Å². The molecule has 3 N–H and O–H groups in total. The summed E-state index contributed by atoms with van der Waals surface area (Å²) < 4.78 is 0. The lowest BCUT2D eigenvalue weighted by Crippen LogP contribution is -2.47. The van der Waals surface area contributed by atoms with Gasteiger partial charge in [0.15, 0.2) is 5.65 Å². The van der Waals surface area contributed by atoms with E-state index in [0.717, 1.165) is 47.6 Å². The molecule has 1 aliphatic rings. The Morgan fingerprint density at radius 2 is 2.00 bits per heavy atom. The number of rotatable bonds is 5. The van der Waals surface area contributed by atoms with Crippen molar-refractivity contribution in [1.29, 1.82) is 0 Å². The van der Waals surface area contributed by atoms with E-state index in [0.29, 0.717) is 13.1 Å². The summed E-state index contributed by atoms with van der Waals surface area (Å²) in [5.41, 5.74) is 5.24. The molecule has 1 aliphatic heterocycles. The van der Waals surface area contributed by atoms with Gasteiger partial charge in [0, 0.05) is 49.1 Å². The number of carbonyl (C=O) groups is 1. The standard InChI is InChI=1S/C19H22N6O/c1-13-17-8-15(11-22-19(17)24-23-13)10-20-9-14-2-4-16(5-3-14)25-7-6-21-18(26)12-25/h2-5,8,11,20H,6-7,9-10,12H2,1H3,(H,21,26)(H,22,23,24). The second-order valence-corrected chi connectivity index (χ2v) is 6.60. The summed E-state index contributed by atoms with van der Waals surface area (Å²) in [6.45, 7) is 5.52.